The summed E-state index contributed by atoms with van der Waals surface area (Å²) in [6.07, 6.45) is 2.73. The van der Waals surface area contributed by atoms with Gasteiger partial charge in [0.25, 0.3) is 0 Å². The van der Waals surface area contributed by atoms with Crippen LogP contribution in [0.15, 0.2) is 89.4 Å². The van der Waals surface area contributed by atoms with Gasteiger partial charge in [0, 0.05) is 12.2 Å². The Balaban J connectivity index is 0.00000451. The van der Waals surface area contributed by atoms with Gasteiger partial charge in [-0.15, -0.1) is 0 Å². The molecule has 0 spiro atoms. The van der Waals surface area contributed by atoms with Gasteiger partial charge in [-0.05, 0) is 102 Å². The molecule has 6 aliphatic rings. The molecule has 6 N–H and O–H groups in total. The van der Waals surface area contributed by atoms with Crippen LogP contribution in [-0.2, 0) is 14.9 Å². The number of allylic oxidation sites excluding steroid dienone is 1. The maximum absolute atomic E-state index is 13.4. The van der Waals surface area contributed by atoms with Crippen LogP contribution in [0.1, 0.15) is 85.4 Å². The minimum Gasteiger partial charge on any atom is -0.748 e. The quantitative estimate of drug-likeness (QED) is 0.0995. The number of aliphatic imine (C=N–C) groups is 1. The van der Waals surface area contributed by atoms with Gasteiger partial charge < -0.3 is 35.7 Å². The molecule has 250 valence electrons. The number of hydrogen-bond donors (Lipinski definition) is 4. The molecule has 3 aromatic rings. The second-order valence-corrected chi connectivity index (χ2v) is 14.5. The first-order chi connectivity index (χ1) is 22.5. The number of ether oxygens (including phenoxy) is 2. The average molecular weight is 684 g/mol. The van der Waals surface area contributed by atoms with Gasteiger partial charge >= 0.3 is 29.6 Å². The normalized spacial score (nSPS) is 28.4. The van der Waals surface area contributed by atoms with Crippen molar-refractivity contribution in [2.75, 3.05) is 6.61 Å². The number of aliphatic hydroxyl groups is 1. The Morgan fingerprint density at radius 1 is 0.938 bits per heavy atom. The van der Waals surface area contributed by atoms with Crippen LogP contribution in [0.2, 0.25) is 0 Å². The van der Waals surface area contributed by atoms with Crippen molar-refractivity contribution in [2.45, 2.75) is 74.5 Å². The molecule has 10 nitrogen and oxygen atoms in total. The first-order valence-corrected chi connectivity index (χ1v) is 17.7. The molecule has 48 heavy (non-hydrogen) atoms. The van der Waals surface area contributed by atoms with E-state index in [0.717, 1.165) is 22.3 Å². The molecule has 1 fully saturated rings. The van der Waals surface area contributed by atoms with Gasteiger partial charge in [0.1, 0.15) is 17.6 Å². The molecule has 0 radical (unpaired) electrons. The van der Waals surface area contributed by atoms with Gasteiger partial charge in [0.2, 0.25) is 6.23 Å². The Kier molecular flexibility index (Phi) is 11.6. The Morgan fingerprint density at radius 2 is 1.56 bits per heavy atom. The van der Waals surface area contributed by atoms with Crippen LogP contribution in [0.4, 0.5) is 0 Å². The SMILES string of the molecule is CCC1CC(S(=O)(=O)[O-])C2C=C3CC(CC(CCO)OC3c3ccc(O)cc3)C2c2ccc(cc2)C(N=C(N)N)Oc2ccc1cc2.[Na+]. The summed E-state index contributed by atoms with van der Waals surface area (Å²) in [5.74, 6) is -0.693. The van der Waals surface area contributed by atoms with Crippen molar-refractivity contribution in [3.63, 3.8) is 0 Å². The largest absolute Gasteiger partial charge is 1.00 e. The van der Waals surface area contributed by atoms with Gasteiger partial charge in [0.15, 0.2) is 5.96 Å². The summed E-state index contributed by atoms with van der Waals surface area (Å²) in [4.78, 5) is 4.33. The molecule has 5 aliphatic heterocycles. The molecule has 9 rings (SSSR count). The maximum Gasteiger partial charge on any atom is 1.00 e. The predicted octanol–water partition coefficient (Wildman–Crippen LogP) is 2.12. The van der Waals surface area contributed by atoms with Gasteiger partial charge in [-0.1, -0.05) is 61.5 Å². The standard InChI is InChI=1S/C36H43N3O7S.Na/c1-2-21-20-32(47(42,43)44)31-19-27-17-26(18-30(15-16-40)45-34(27)24-7-11-28(41)12-8-24)33(31)23-3-5-25(6-4-23)35(39-36(37)38)46-29-13-9-22(21)10-14-29;/h3-14,19,21,26,30-35,40-41H,2,15-18,20H2,1H3,(H4,37,38,39)(H,42,43,44);/q;+1/p-1. The van der Waals surface area contributed by atoms with Gasteiger partial charge in [-0.25, -0.2) is 13.4 Å². The fraction of sp³-hybridized carbons (Fsp3) is 0.417. The fourth-order valence-electron chi connectivity index (χ4n) is 7.79. The molecule has 0 saturated carbocycles. The maximum atomic E-state index is 13.4. The zero-order chi connectivity index (χ0) is 33.3. The summed E-state index contributed by atoms with van der Waals surface area (Å²) in [5.41, 5.74) is 15.8. The number of rotatable bonds is 6. The smallest absolute Gasteiger partial charge is 0.748 e. The molecule has 3 aromatic carbocycles. The average Bonchev–Trinajstić information content (AvgIpc) is 3.17. The minimum absolute atomic E-state index is 0. The van der Waals surface area contributed by atoms with Crippen LogP contribution < -0.4 is 45.8 Å². The van der Waals surface area contributed by atoms with E-state index in [1.165, 1.54) is 0 Å². The Labute approximate surface area is 304 Å². The first-order valence-electron chi connectivity index (χ1n) is 16.2. The van der Waals surface area contributed by atoms with E-state index in [-0.39, 0.29) is 78.2 Å². The van der Waals surface area contributed by atoms with Gasteiger partial charge in [-0.3, -0.25) is 0 Å². The van der Waals surface area contributed by atoms with Crippen LogP contribution in [0.3, 0.4) is 0 Å². The number of hydrogen-bond acceptors (Lipinski definition) is 8. The molecule has 8 atom stereocenters. The van der Waals surface area contributed by atoms with E-state index in [0.29, 0.717) is 37.0 Å². The molecule has 0 aromatic heterocycles. The molecule has 12 heteroatoms. The van der Waals surface area contributed by atoms with Crippen molar-refractivity contribution >= 4 is 16.1 Å². The number of nitrogens with zero attached hydrogens (tertiary/aromatic N) is 1. The number of aliphatic hydroxyl groups excluding tert-OH is 1. The Morgan fingerprint density at radius 3 is 2.17 bits per heavy atom. The van der Waals surface area contributed by atoms with Crippen molar-refractivity contribution in [3.8, 4) is 11.5 Å². The van der Waals surface area contributed by atoms with Crippen molar-refractivity contribution in [1.29, 1.82) is 0 Å². The van der Waals surface area contributed by atoms with E-state index in [4.69, 9.17) is 20.9 Å². The number of guanidine groups is 1. The molecule has 1 saturated heterocycles. The second kappa shape index (κ2) is 15.3. The summed E-state index contributed by atoms with van der Waals surface area (Å²) >= 11 is 0. The molecule has 5 heterocycles. The summed E-state index contributed by atoms with van der Waals surface area (Å²) in [5, 5.41) is 18.7. The van der Waals surface area contributed by atoms with Crippen LogP contribution >= 0.6 is 0 Å². The number of benzene rings is 3. The van der Waals surface area contributed by atoms with Crippen LogP contribution in [0.25, 0.3) is 0 Å². The van der Waals surface area contributed by atoms with Crippen molar-refractivity contribution in [1.82, 2.24) is 0 Å². The van der Waals surface area contributed by atoms with E-state index in [9.17, 15) is 23.2 Å². The third-order valence-corrected chi connectivity index (χ3v) is 11.2. The Hall–Kier alpha value is -2.90. The van der Waals surface area contributed by atoms with E-state index < -0.39 is 33.6 Å². The fourth-order valence-corrected chi connectivity index (χ4v) is 8.89. The number of nitrogens with two attached hydrogens (primary N) is 2. The van der Waals surface area contributed by atoms with Gasteiger partial charge in [-0.2, -0.15) is 0 Å². The van der Waals surface area contributed by atoms with E-state index in [2.05, 4.69) is 4.99 Å². The summed E-state index contributed by atoms with van der Waals surface area (Å²) in [6.45, 7) is 1.93. The van der Waals surface area contributed by atoms with E-state index in [1.54, 1.807) is 24.3 Å². The van der Waals surface area contributed by atoms with Crippen LogP contribution in [0.5, 0.6) is 11.5 Å². The van der Waals surface area contributed by atoms with Crippen molar-refractivity contribution in [2.24, 2.45) is 28.3 Å². The molecular formula is C36H42N3NaO7S. The summed E-state index contributed by atoms with van der Waals surface area (Å²) in [7, 11) is -4.78. The topological polar surface area (TPSA) is 181 Å². The first kappa shape index (κ1) is 36.4. The Bertz CT molecular complexity index is 1710. The second-order valence-electron chi connectivity index (χ2n) is 12.9. The third-order valence-electron chi connectivity index (χ3n) is 9.99. The van der Waals surface area contributed by atoms with E-state index in [1.807, 2.05) is 61.5 Å². The summed E-state index contributed by atoms with van der Waals surface area (Å²) in [6, 6.07) is 21.9. The predicted molar refractivity (Wildman–Crippen MR) is 178 cm³/mol. The summed E-state index contributed by atoms with van der Waals surface area (Å²) < 4.78 is 53.0. The molecular weight excluding hydrogens is 641 g/mol. The molecule has 6 bridgehead atoms. The molecule has 0 amide bonds. The monoisotopic (exact) mass is 683 g/mol. The minimum atomic E-state index is -4.78. The van der Waals surface area contributed by atoms with Crippen molar-refractivity contribution in [3.05, 3.63) is 107 Å². The zero-order valence-corrected chi connectivity index (χ0v) is 30.1. The third kappa shape index (κ3) is 7.94. The molecule has 8 unspecified atom stereocenters. The number of phenolic OH excluding ortho intramolecular Hbond substituents is 1. The number of fused-ring (bicyclic) bond motifs is 2. The van der Waals surface area contributed by atoms with Crippen LogP contribution in [-0.4, -0.2) is 47.1 Å². The zero-order valence-electron chi connectivity index (χ0n) is 27.3. The molecule has 1 aliphatic carbocycles. The van der Waals surface area contributed by atoms with Crippen LogP contribution in [0, 0.1) is 11.8 Å². The van der Waals surface area contributed by atoms with Crippen molar-refractivity contribution < 1.29 is 62.2 Å². The number of aromatic hydroxyl groups is 1. The van der Waals surface area contributed by atoms with E-state index >= 15 is 0 Å². The van der Waals surface area contributed by atoms with Gasteiger partial charge in [0.05, 0.1) is 21.5 Å². The number of phenols is 1.